The summed E-state index contributed by atoms with van der Waals surface area (Å²) in [5, 5.41) is 48.4. The molecule has 5 heteroatoms. The van der Waals surface area contributed by atoms with Crippen LogP contribution >= 0.6 is 0 Å². The van der Waals surface area contributed by atoms with E-state index in [1.165, 1.54) is 0 Å². The molecule has 1 aliphatic rings. The van der Waals surface area contributed by atoms with E-state index in [1.54, 1.807) is 6.08 Å². The normalized spacial score (nSPS) is 29.7. The van der Waals surface area contributed by atoms with Crippen LogP contribution in [-0.4, -0.2) is 56.6 Å². The monoisotopic (exact) mass is 356 g/mol. The van der Waals surface area contributed by atoms with Crippen LogP contribution in [0.25, 0.3) is 0 Å². The van der Waals surface area contributed by atoms with Gasteiger partial charge in [0.05, 0.1) is 31.0 Å². The quantitative estimate of drug-likeness (QED) is 0.272. The van der Waals surface area contributed by atoms with E-state index in [9.17, 15) is 20.4 Å². The molecule has 0 saturated heterocycles. The highest BCUT2D eigenvalue weighted by Gasteiger charge is 2.39. The first-order valence-electron chi connectivity index (χ1n) is 9.66. The molecule has 146 valence electrons. The van der Waals surface area contributed by atoms with Gasteiger partial charge in [0.15, 0.2) is 0 Å². The van der Waals surface area contributed by atoms with Crippen LogP contribution in [0.1, 0.15) is 58.3 Å². The third-order valence-electron chi connectivity index (χ3n) is 5.03. The third-order valence-corrected chi connectivity index (χ3v) is 5.03. The molecular formula is C20H36O5. The summed E-state index contributed by atoms with van der Waals surface area (Å²) < 4.78 is 0. The van der Waals surface area contributed by atoms with Crippen molar-refractivity contribution in [2.24, 2.45) is 11.8 Å². The van der Waals surface area contributed by atoms with Crippen LogP contribution in [-0.2, 0) is 0 Å². The Kier molecular flexibility index (Phi) is 11.3. The minimum absolute atomic E-state index is 0.0619. The van der Waals surface area contributed by atoms with Crippen LogP contribution in [0.5, 0.6) is 0 Å². The average Bonchev–Trinajstić information content (AvgIpc) is 2.85. The van der Waals surface area contributed by atoms with Gasteiger partial charge in [0.25, 0.3) is 0 Å². The van der Waals surface area contributed by atoms with Gasteiger partial charge in [-0.05, 0) is 31.6 Å². The molecule has 0 heterocycles. The highest BCUT2D eigenvalue weighted by molar-refractivity contribution is 5.06. The third kappa shape index (κ3) is 8.47. The Hall–Kier alpha value is -0.720. The predicted octanol–water partition coefficient (Wildman–Crippen LogP) is 1.92. The molecule has 1 rings (SSSR count). The van der Waals surface area contributed by atoms with E-state index >= 15 is 0 Å². The smallest absolute Gasteiger partial charge is 0.0773 e. The zero-order chi connectivity index (χ0) is 18.7. The Morgan fingerprint density at radius 2 is 1.80 bits per heavy atom. The molecule has 5 N–H and O–H groups in total. The first kappa shape index (κ1) is 22.3. The Balaban J connectivity index is 2.48. The first-order chi connectivity index (χ1) is 12.0. The summed E-state index contributed by atoms with van der Waals surface area (Å²) in [4.78, 5) is 0. The second-order valence-corrected chi connectivity index (χ2v) is 7.18. The minimum Gasteiger partial charge on any atom is -0.394 e. The second kappa shape index (κ2) is 12.6. The summed E-state index contributed by atoms with van der Waals surface area (Å²) >= 11 is 0. The van der Waals surface area contributed by atoms with E-state index in [-0.39, 0.29) is 18.4 Å². The van der Waals surface area contributed by atoms with Gasteiger partial charge < -0.3 is 25.5 Å². The molecular weight excluding hydrogens is 320 g/mol. The molecule has 0 amide bonds. The molecule has 0 aromatic carbocycles. The standard InChI is InChI=1S/C20H36O5/c1-2-3-5-8-15(22)11-12-18-17(19(24)13-20(18)25)10-7-4-6-9-16(23)14-21/h4,7,11-12,15-25H,2-3,5-6,8-10,13-14H2,1H3/b7-4-,12-11+/t15-,16?,17+,18+,19-,20+/m0/s1. The molecule has 0 radical (unpaired) electrons. The topological polar surface area (TPSA) is 101 Å². The number of hydrogen-bond donors (Lipinski definition) is 5. The van der Waals surface area contributed by atoms with Crippen LogP contribution in [0.15, 0.2) is 24.3 Å². The highest BCUT2D eigenvalue weighted by atomic mass is 16.3. The molecule has 1 saturated carbocycles. The lowest BCUT2D eigenvalue weighted by molar-refractivity contribution is 0.0891. The van der Waals surface area contributed by atoms with Crippen LogP contribution < -0.4 is 0 Å². The van der Waals surface area contributed by atoms with Crippen LogP contribution in [0.4, 0.5) is 0 Å². The summed E-state index contributed by atoms with van der Waals surface area (Å²) in [7, 11) is 0. The Bertz CT molecular complexity index is 396. The number of allylic oxidation sites excluding steroid dienone is 2. The van der Waals surface area contributed by atoms with Crippen LogP contribution in [0.2, 0.25) is 0 Å². The first-order valence-corrected chi connectivity index (χ1v) is 9.66. The van der Waals surface area contributed by atoms with Gasteiger partial charge >= 0.3 is 0 Å². The summed E-state index contributed by atoms with van der Waals surface area (Å²) in [6.45, 7) is 1.90. The molecule has 0 bridgehead atoms. The van der Waals surface area contributed by atoms with Crippen molar-refractivity contribution in [1.29, 1.82) is 0 Å². The van der Waals surface area contributed by atoms with Gasteiger partial charge in [0.1, 0.15) is 0 Å². The van der Waals surface area contributed by atoms with Crippen molar-refractivity contribution < 1.29 is 25.5 Å². The molecule has 25 heavy (non-hydrogen) atoms. The van der Waals surface area contributed by atoms with Gasteiger partial charge in [-0.15, -0.1) is 0 Å². The maximum Gasteiger partial charge on any atom is 0.0773 e. The van der Waals surface area contributed by atoms with Crippen LogP contribution in [0, 0.1) is 11.8 Å². The van der Waals surface area contributed by atoms with Gasteiger partial charge in [0, 0.05) is 12.3 Å². The molecule has 0 aromatic rings. The van der Waals surface area contributed by atoms with E-state index < -0.39 is 24.4 Å². The van der Waals surface area contributed by atoms with Crippen molar-refractivity contribution in [3.05, 3.63) is 24.3 Å². The molecule has 1 unspecified atom stereocenters. The van der Waals surface area contributed by atoms with E-state index in [4.69, 9.17) is 5.11 Å². The lowest BCUT2D eigenvalue weighted by atomic mass is 9.89. The Morgan fingerprint density at radius 1 is 1.04 bits per heavy atom. The second-order valence-electron chi connectivity index (χ2n) is 7.18. The lowest BCUT2D eigenvalue weighted by Crippen LogP contribution is -2.20. The molecule has 0 aromatic heterocycles. The van der Waals surface area contributed by atoms with E-state index in [0.717, 1.165) is 25.7 Å². The van der Waals surface area contributed by atoms with Gasteiger partial charge in [-0.3, -0.25) is 0 Å². The molecule has 6 atom stereocenters. The average molecular weight is 357 g/mol. The van der Waals surface area contributed by atoms with E-state index in [0.29, 0.717) is 25.7 Å². The van der Waals surface area contributed by atoms with Crippen molar-refractivity contribution in [2.75, 3.05) is 6.61 Å². The number of hydrogen-bond acceptors (Lipinski definition) is 5. The summed E-state index contributed by atoms with van der Waals surface area (Å²) in [6.07, 6.45) is 11.4. The van der Waals surface area contributed by atoms with Crippen molar-refractivity contribution in [3.63, 3.8) is 0 Å². The summed E-state index contributed by atoms with van der Waals surface area (Å²) in [5.74, 6) is -0.211. The van der Waals surface area contributed by atoms with Gasteiger partial charge in [-0.2, -0.15) is 0 Å². The molecule has 1 aliphatic carbocycles. The Labute approximate surface area is 151 Å². The fraction of sp³-hybridized carbons (Fsp3) is 0.800. The molecule has 0 aliphatic heterocycles. The number of aliphatic hydroxyl groups is 5. The fourth-order valence-electron chi connectivity index (χ4n) is 3.41. The largest absolute Gasteiger partial charge is 0.394 e. The van der Waals surface area contributed by atoms with Gasteiger partial charge in [0.2, 0.25) is 0 Å². The number of unbranched alkanes of at least 4 members (excludes halogenated alkanes) is 2. The van der Waals surface area contributed by atoms with Gasteiger partial charge in [-0.25, -0.2) is 0 Å². The van der Waals surface area contributed by atoms with Crippen LogP contribution in [0.3, 0.4) is 0 Å². The zero-order valence-electron chi connectivity index (χ0n) is 15.4. The van der Waals surface area contributed by atoms with Crippen molar-refractivity contribution in [2.45, 2.75) is 82.7 Å². The lowest BCUT2D eigenvalue weighted by Gasteiger charge is -2.19. The zero-order valence-corrected chi connectivity index (χ0v) is 15.4. The summed E-state index contributed by atoms with van der Waals surface area (Å²) in [5.41, 5.74) is 0. The van der Waals surface area contributed by atoms with Gasteiger partial charge in [-0.1, -0.05) is 50.5 Å². The molecule has 1 fully saturated rings. The minimum atomic E-state index is -0.687. The van der Waals surface area contributed by atoms with Crippen molar-refractivity contribution in [1.82, 2.24) is 0 Å². The van der Waals surface area contributed by atoms with Crippen molar-refractivity contribution in [3.8, 4) is 0 Å². The number of rotatable bonds is 12. The summed E-state index contributed by atoms with van der Waals surface area (Å²) in [6, 6.07) is 0. The van der Waals surface area contributed by atoms with E-state index in [1.807, 2.05) is 18.2 Å². The maximum absolute atomic E-state index is 10.2. The van der Waals surface area contributed by atoms with E-state index in [2.05, 4.69) is 6.92 Å². The van der Waals surface area contributed by atoms with Crippen molar-refractivity contribution >= 4 is 0 Å². The molecule has 5 nitrogen and oxygen atoms in total. The SMILES string of the molecule is CCCCC[C@H](O)/C=C/[C@@H]1[C@@H](C/C=C\CCC(O)CO)[C@@H](O)C[C@H]1O. The highest BCUT2D eigenvalue weighted by Crippen LogP contribution is 2.36. The molecule has 0 spiro atoms. The Morgan fingerprint density at radius 3 is 2.48 bits per heavy atom. The predicted molar refractivity (Wildman–Crippen MR) is 99.0 cm³/mol. The fourth-order valence-corrected chi connectivity index (χ4v) is 3.41. The number of aliphatic hydroxyl groups excluding tert-OH is 5. The maximum atomic E-state index is 10.2.